The van der Waals surface area contributed by atoms with Gasteiger partial charge in [0.15, 0.2) is 5.82 Å². The number of nitrogens with zero attached hydrogens (tertiary/aromatic N) is 4. The van der Waals surface area contributed by atoms with Gasteiger partial charge in [0.1, 0.15) is 6.61 Å². The monoisotopic (exact) mass is 290 g/mol. The maximum Gasteiger partial charge on any atom is 0.415 e. The second-order valence-corrected chi connectivity index (χ2v) is 6.00. The van der Waals surface area contributed by atoms with Gasteiger partial charge in [0.05, 0.1) is 18.4 Å². The third-order valence-corrected chi connectivity index (χ3v) is 4.28. The molecule has 0 aromatic carbocycles. The van der Waals surface area contributed by atoms with Gasteiger partial charge in [-0.05, 0) is 33.2 Å². The van der Waals surface area contributed by atoms with E-state index in [0.717, 1.165) is 25.2 Å². The molecule has 0 radical (unpaired) electrons. The van der Waals surface area contributed by atoms with Gasteiger partial charge in [-0.2, -0.15) is 0 Å². The Balaban J connectivity index is 1.77. The molecular weight excluding hydrogens is 268 g/mol. The molecule has 0 aliphatic carbocycles. The summed E-state index contributed by atoms with van der Waals surface area (Å²) in [5.74, 6) is 1.00. The summed E-state index contributed by atoms with van der Waals surface area (Å²) in [6.07, 6.45) is 5.46. The standard InChI is InChI=1S/C15H22N4O2/c1-11(2)18-5-3-4-12(10-18)13-8-16-9-14(17-13)19-6-7-21-15(19)20/h8-9,11-12H,3-7,10H2,1-2H3. The molecule has 1 unspecified atom stereocenters. The molecule has 0 N–H and O–H groups in total. The normalized spacial score (nSPS) is 23.7. The molecule has 3 rings (SSSR count). The number of hydrogen-bond acceptors (Lipinski definition) is 5. The first-order valence-electron chi connectivity index (χ1n) is 7.65. The van der Waals surface area contributed by atoms with Crippen LogP contribution in [0.1, 0.15) is 38.3 Å². The number of cyclic esters (lactones) is 1. The van der Waals surface area contributed by atoms with Crippen LogP contribution in [0.15, 0.2) is 12.4 Å². The highest BCUT2D eigenvalue weighted by Gasteiger charge is 2.28. The number of aromatic nitrogens is 2. The molecule has 1 amide bonds. The van der Waals surface area contributed by atoms with Crippen LogP contribution in [-0.4, -0.2) is 53.2 Å². The largest absolute Gasteiger partial charge is 0.447 e. The van der Waals surface area contributed by atoms with E-state index >= 15 is 0 Å². The molecule has 0 bridgehead atoms. The highest BCUT2D eigenvalue weighted by Crippen LogP contribution is 2.27. The number of ether oxygens (including phenoxy) is 1. The van der Waals surface area contributed by atoms with Gasteiger partial charge in [0.2, 0.25) is 0 Å². The molecule has 2 saturated heterocycles. The van der Waals surface area contributed by atoms with Gasteiger partial charge in [-0.25, -0.2) is 9.78 Å². The van der Waals surface area contributed by atoms with Crippen LogP contribution < -0.4 is 4.90 Å². The van der Waals surface area contributed by atoms with Crippen molar-refractivity contribution in [3.05, 3.63) is 18.1 Å². The van der Waals surface area contributed by atoms with Crippen LogP contribution in [0.25, 0.3) is 0 Å². The molecule has 1 aromatic rings. The molecule has 21 heavy (non-hydrogen) atoms. The van der Waals surface area contributed by atoms with Gasteiger partial charge < -0.3 is 9.64 Å². The van der Waals surface area contributed by atoms with E-state index in [9.17, 15) is 4.79 Å². The Morgan fingerprint density at radius 1 is 1.33 bits per heavy atom. The third kappa shape index (κ3) is 3.00. The lowest BCUT2D eigenvalue weighted by molar-refractivity contribution is 0.166. The lowest BCUT2D eigenvalue weighted by Gasteiger charge is -2.35. The van der Waals surface area contributed by atoms with Crippen molar-refractivity contribution in [2.75, 3.05) is 31.1 Å². The van der Waals surface area contributed by atoms with Crippen molar-refractivity contribution >= 4 is 11.9 Å². The van der Waals surface area contributed by atoms with Gasteiger partial charge in [0, 0.05) is 24.7 Å². The molecule has 1 atom stereocenters. The van der Waals surface area contributed by atoms with Crippen LogP contribution in [0.3, 0.4) is 0 Å². The first kappa shape index (κ1) is 14.3. The Morgan fingerprint density at radius 2 is 2.19 bits per heavy atom. The Labute approximate surface area is 125 Å². The Morgan fingerprint density at radius 3 is 2.90 bits per heavy atom. The van der Waals surface area contributed by atoms with Crippen LogP contribution >= 0.6 is 0 Å². The topological polar surface area (TPSA) is 58.6 Å². The molecule has 6 nitrogen and oxygen atoms in total. The smallest absolute Gasteiger partial charge is 0.415 e. The maximum atomic E-state index is 11.6. The number of likely N-dealkylation sites (tertiary alicyclic amines) is 1. The van der Waals surface area contributed by atoms with Crippen LogP contribution in [0.5, 0.6) is 0 Å². The maximum absolute atomic E-state index is 11.6. The molecule has 114 valence electrons. The van der Waals surface area contributed by atoms with Gasteiger partial charge >= 0.3 is 6.09 Å². The van der Waals surface area contributed by atoms with Gasteiger partial charge in [-0.15, -0.1) is 0 Å². The second kappa shape index (κ2) is 5.97. The minimum Gasteiger partial charge on any atom is -0.447 e. The predicted octanol–water partition coefficient (Wildman–Crippen LogP) is 2.02. The molecule has 2 aliphatic rings. The molecular formula is C15H22N4O2. The number of amides is 1. The summed E-state index contributed by atoms with van der Waals surface area (Å²) in [7, 11) is 0. The fraction of sp³-hybridized carbons (Fsp3) is 0.667. The molecule has 0 spiro atoms. The Bertz CT molecular complexity index is 520. The van der Waals surface area contributed by atoms with Crippen LogP contribution in [0, 0.1) is 0 Å². The average Bonchev–Trinajstić information content (AvgIpc) is 2.94. The van der Waals surface area contributed by atoms with E-state index in [0.29, 0.717) is 30.9 Å². The summed E-state index contributed by atoms with van der Waals surface area (Å²) in [5, 5.41) is 0. The van der Waals surface area contributed by atoms with Crippen molar-refractivity contribution in [2.24, 2.45) is 0 Å². The fourth-order valence-electron chi connectivity index (χ4n) is 3.02. The van der Waals surface area contributed by atoms with Crippen molar-refractivity contribution in [3.63, 3.8) is 0 Å². The van der Waals surface area contributed by atoms with E-state index in [1.807, 2.05) is 6.20 Å². The van der Waals surface area contributed by atoms with E-state index in [1.165, 1.54) is 6.42 Å². The SMILES string of the molecule is CC(C)N1CCCC(c2cncc(N3CCOC3=O)n2)C1. The summed E-state index contributed by atoms with van der Waals surface area (Å²) in [6.45, 7) is 7.60. The van der Waals surface area contributed by atoms with Crippen molar-refractivity contribution in [1.82, 2.24) is 14.9 Å². The summed E-state index contributed by atoms with van der Waals surface area (Å²) in [4.78, 5) is 24.6. The first-order valence-corrected chi connectivity index (χ1v) is 7.65. The highest BCUT2D eigenvalue weighted by molar-refractivity contribution is 5.87. The van der Waals surface area contributed by atoms with Crippen LogP contribution in [0.4, 0.5) is 10.6 Å². The predicted molar refractivity (Wildman–Crippen MR) is 79.4 cm³/mol. The van der Waals surface area contributed by atoms with Crippen LogP contribution in [0.2, 0.25) is 0 Å². The van der Waals surface area contributed by atoms with E-state index in [2.05, 4.69) is 28.7 Å². The summed E-state index contributed by atoms with van der Waals surface area (Å²) in [5.41, 5.74) is 0.984. The molecule has 2 aliphatic heterocycles. The summed E-state index contributed by atoms with van der Waals surface area (Å²) < 4.78 is 4.96. The van der Waals surface area contributed by atoms with E-state index in [-0.39, 0.29) is 6.09 Å². The van der Waals surface area contributed by atoms with E-state index < -0.39 is 0 Å². The Hall–Kier alpha value is -1.69. The first-order chi connectivity index (χ1) is 10.1. The lowest BCUT2D eigenvalue weighted by Crippen LogP contribution is -2.39. The molecule has 2 fully saturated rings. The highest BCUT2D eigenvalue weighted by atomic mass is 16.6. The number of rotatable bonds is 3. The fourth-order valence-corrected chi connectivity index (χ4v) is 3.02. The average molecular weight is 290 g/mol. The van der Waals surface area contributed by atoms with Gasteiger partial charge in [-0.1, -0.05) is 0 Å². The minimum atomic E-state index is -0.325. The molecule has 6 heteroatoms. The zero-order chi connectivity index (χ0) is 14.8. The van der Waals surface area contributed by atoms with E-state index in [4.69, 9.17) is 4.74 Å². The van der Waals surface area contributed by atoms with Crippen LogP contribution in [-0.2, 0) is 4.74 Å². The van der Waals surface area contributed by atoms with E-state index in [1.54, 1.807) is 11.1 Å². The molecule has 0 saturated carbocycles. The third-order valence-electron chi connectivity index (χ3n) is 4.28. The van der Waals surface area contributed by atoms with Crippen molar-refractivity contribution in [3.8, 4) is 0 Å². The molecule has 3 heterocycles. The number of hydrogen-bond donors (Lipinski definition) is 0. The number of piperidine rings is 1. The summed E-state index contributed by atoms with van der Waals surface area (Å²) in [6, 6.07) is 0.553. The number of carbonyl (C=O) groups excluding carboxylic acids is 1. The zero-order valence-corrected chi connectivity index (χ0v) is 12.7. The van der Waals surface area contributed by atoms with Crippen molar-refractivity contribution in [1.29, 1.82) is 0 Å². The molecule has 1 aromatic heterocycles. The Kier molecular flexibility index (Phi) is 4.05. The second-order valence-electron chi connectivity index (χ2n) is 6.00. The lowest BCUT2D eigenvalue weighted by atomic mass is 9.94. The summed E-state index contributed by atoms with van der Waals surface area (Å²) >= 11 is 0. The van der Waals surface area contributed by atoms with Crippen molar-refractivity contribution in [2.45, 2.75) is 38.6 Å². The quantitative estimate of drug-likeness (QED) is 0.852. The van der Waals surface area contributed by atoms with Gasteiger partial charge in [-0.3, -0.25) is 9.88 Å². The zero-order valence-electron chi connectivity index (χ0n) is 12.7. The van der Waals surface area contributed by atoms with Crippen molar-refractivity contribution < 1.29 is 9.53 Å². The minimum absolute atomic E-state index is 0.325. The number of anilines is 1. The number of carbonyl (C=O) groups is 1. The van der Waals surface area contributed by atoms with Gasteiger partial charge in [0.25, 0.3) is 0 Å².